The zero-order valence-corrected chi connectivity index (χ0v) is 17.0. The van der Waals surface area contributed by atoms with Crippen LogP contribution in [0.5, 0.6) is 0 Å². The molecule has 0 spiro atoms. The first kappa shape index (κ1) is 20.1. The van der Waals surface area contributed by atoms with E-state index in [4.69, 9.17) is 11.6 Å². The number of halogens is 2. The molecule has 0 unspecified atom stereocenters. The van der Waals surface area contributed by atoms with Gasteiger partial charge in [0.15, 0.2) is 0 Å². The molecule has 1 fully saturated rings. The first-order chi connectivity index (χ1) is 12.8. The van der Waals surface area contributed by atoms with Crippen molar-refractivity contribution in [2.24, 2.45) is 0 Å². The number of thioether (sulfide) groups is 1. The molecule has 0 bridgehead atoms. The molecule has 9 heteroatoms. The van der Waals surface area contributed by atoms with Crippen LogP contribution in [0.25, 0.3) is 0 Å². The number of hydrogen-bond donors (Lipinski definition) is 0. The van der Waals surface area contributed by atoms with Crippen LogP contribution in [0.4, 0.5) is 4.39 Å². The fraction of sp³-hybridized carbons (Fsp3) is 0.278. The van der Waals surface area contributed by atoms with E-state index in [1.807, 2.05) is 12.3 Å². The number of carbonyl (C=O) groups is 1. The van der Waals surface area contributed by atoms with Gasteiger partial charge in [0.25, 0.3) is 5.91 Å². The number of hydrogen-bond acceptors (Lipinski definition) is 4. The largest absolute Gasteiger partial charge is 0.336 e. The van der Waals surface area contributed by atoms with E-state index in [1.54, 1.807) is 17.0 Å². The molecular weight excluding hydrogens is 411 g/mol. The zero-order chi connectivity index (χ0) is 19.6. The summed E-state index contributed by atoms with van der Waals surface area (Å²) in [7, 11) is -3.71. The van der Waals surface area contributed by atoms with Crippen LogP contribution < -0.4 is 0 Å². The first-order valence-corrected chi connectivity index (χ1v) is 11.3. The third-order valence-electron chi connectivity index (χ3n) is 4.38. The predicted octanol–water partition coefficient (Wildman–Crippen LogP) is 3.35. The van der Waals surface area contributed by atoms with Crippen molar-refractivity contribution in [2.75, 3.05) is 32.4 Å². The molecule has 1 heterocycles. The molecule has 1 aliphatic rings. The molecule has 0 saturated carbocycles. The molecule has 0 aromatic heterocycles. The van der Waals surface area contributed by atoms with E-state index in [9.17, 15) is 17.6 Å². The monoisotopic (exact) mass is 428 g/mol. The molecule has 144 valence electrons. The lowest BCUT2D eigenvalue weighted by Gasteiger charge is -2.34. The summed E-state index contributed by atoms with van der Waals surface area (Å²) in [6.07, 6.45) is 1.91. The van der Waals surface area contributed by atoms with Gasteiger partial charge in [0, 0.05) is 31.1 Å². The first-order valence-electron chi connectivity index (χ1n) is 8.21. The van der Waals surface area contributed by atoms with E-state index in [0.29, 0.717) is 10.6 Å². The van der Waals surface area contributed by atoms with Crippen LogP contribution in [0.15, 0.2) is 52.3 Å². The Morgan fingerprint density at radius 2 is 1.70 bits per heavy atom. The molecule has 0 radical (unpaired) electrons. The maximum absolute atomic E-state index is 13.0. The lowest BCUT2D eigenvalue weighted by atomic mass is 10.2. The molecule has 0 atom stereocenters. The van der Waals surface area contributed by atoms with Gasteiger partial charge >= 0.3 is 0 Å². The second kappa shape index (κ2) is 8.18. The average molecular weight is 429 g/mol. The Labute approximate surface area is 167 Å². The SMILES string of the molecule is CSc1ccc(Cl)c(C(=O)N2CCN(S(=O)(=O)c3ccc(F)cc3)CC2)c1. The minimum Gasteiger partial charge on any atom is -0.336 e. The number of amides is 1. The summed E-state index contributed by atoms with van der Waals surface area (Å²) >= 11 is 7.68. The molecule has 1 saturated heterocycles. The van der Waals surface area contributed by atoms with E-state index in [2.05, 4.69) is 0 Å². The lowest BCUT2D eigenvalue weighted by Crippen LogP contribution is -2.50. The molecule has 27 heavy (non-hydrogen) atoms. The summed E-state index contributed by atoms with van der Waals surface area (Å²) in [5, 5.41) is 0.374. The Bertz CT molecular complexity index is 944. The lowest BCUT2D eigenvalue weighted by molar-refractivity contribution is 0.0698. The zero-order valence-electron chi connectivity index (χ0n) is 14.6. The van der Waals surface area contributed by atoms with Crippen LogP contribution in [-0.2, 0) is 10.0 Å². The predicted molar refractivity (Wildman–Crippen MR) is 104 cm³/mol. The third-order valence-corrected chi connectivity index (χ3v) is 7.35. The maximum Gasteiger partial charge on any atom is 0.255 e. The van der Waals surface area contributed by atoms with Gasteiger partial charge in [-0.2, -0.15) is 4.31 Å². The second-order valence-corrected chi connectivity index (χ2v) is 9.22. The van der Waals surface area contributed by atoms with Crippen molar-refractivity contribution in [3.63, 3.8) is 0 Å². The van der Waals surface area contributed by atoms with E-state index >= 15 is 0 Å². The van der Waals surface area contributed by atoms with Crippen LogP contribution in [0.2, 0.25) is 5.02 Å². The van der Waals surface area contributed by atoms with E-state index < -0.39 is 15.8 Å². The van der Waals surface area contributed by atoms with Crippen molar-refractivity contribution in [3.05, 3.63) is 58.9 Å². The molecule has 1 amide bonds. The summed E-state index contributed by atoms with van der Waals surface area (Å²) in [6.45, 7) is 0.870. The molecule has 5 nitrogen and oxygen atoms in total. The molecule has 2 aromatic carbocycles. The highest BCUT2D eigenvalue weighted by atomic mass is 35.5. The van der Waals surface area contributed by atoms with Crippen molar-refractivity contribution >= 4 is 39.3 Å². The smallest absolute Gasteiger partial charge is 0.255 e. The van der Waals surface area contributed by atoms with Gasteiger partial charge in [-0.3, -0.25) is 4.79 Å². The van der Waals surface area contributed by atoms with Gasteiger partial charge in [-0.1, -0.05) is 11.6 Å². The molecule has 0 N–H and O–H groups in total. The van der Waals surface area contributed by atoms with Crippen LogP contribution in [0.1, 0.15) is 10.4 Å². The summed E-state index contributed by atoms with van der Waals surface area (Å²) in [6, 6.07) is 10.0. The highest BCUT2D eigenvalue weighted by Crippen LogP contribution is 2.25. The number of rotatable bonds is 4. The fourth-order valence-electron chi connectivity index (χ4n) is 2.85. The minimum absolute atomic E-state index is 0.0411. The summed E-state index contributed by atoms with van der Waals surface area (Å²) in [5.41, 5.74) is 0.415. The van der Waals surface area contributed by atoms with Crippen LogP contribution in [0.3, 0.4) is 0 Å². The number of sulfonamides is 1. The molecule has 3 rings (SSSR count). The Balaban J connectivity index is 1.71. The standard InChI is InChI=1S/C18H18ClFN2O3S2/c1-26-14-4-7-17(19)16(12-14)18(23)21-8-10-22(11-9-21)27(24,25)15-5-2-13(20)3-6-15/h2-7,12H,8-11H2,1H3. The quantitative estimate of drug-likeness (QED) is 0.701. The normalized spacial score (nSPS) is 15.7. The van der Waals surface area contributed by atoms with Gasteiger partial charge in [-0.15, -0.1) is 11.8 Å². The highest BCUT2D eigenvalue weighted by Gasteiger charge is 2.31. The van der Waals surface area contributed by atoms with Gasteiger partial charge < -0.3 is 4.90 Å². The Hall–Kier alpha value is -1.61. The molecular formula is C18H18ClFN2O3S2. The van der Waals surface area contributed by atoms with Crippen molar-refractivity contribution in [1.82, 2.24) is 9.21 Å². The highest BCUT2D eigenvalue weighted by molar-refractivity contribution is 7.98. The van der Waals surface area contributed by atoms with Crippen molar-refractivity contribution in [2.45, 2.75) is 9.79 Å². The van der Waals surface area contributed by atoms with Gasteiger partial charge in [-0.25, -0.2) is 12.8 Å². The molecule has 1 aliphatic heterocycles. The number of piperazine rings is 1. The number of nitrogens with zero attached hydrogens (tertiary/aromatic N) is 2. The van der Waals surface area contributed by atoms with Gasteiger partial charge in [-0.05, 0) is 48.7 Å². The van der Waals surface area contributed by atoms with Gasteiger partial charge in [0.05, 0.1) is 15.5 Å². The Morgan fingerprint density at radius 1 is 1.07 bits per heavy atom. The topological polar surface area (TPSA) is 57.7 Å². The van der Waals surface area contributed by atoms with Crippen molar-refractivity contribution in [3.8, 4) is 0 Å². The molecule has 2 aromatic rings. The summed E-state index contributed by atoms with van der Waals surface area (Å²) in [4.78, 5) is 15.3. The number of benzene rings is 2. The van der Waals surface area contributed by atoms with Gasteiger partial charge in [0.2, 0.25) is 10.0 Å². The molecule has 0 aliphatic carbocycles. The summed E-state index contributed by atoms with van der Waals surface area (Å²) in [5.74, 6) is -0.705. The van der Waals surface area contributed by atoms with Gasteiger partial charge in [0.1, 0.15) is 5.82 Å². The maximum atomic E-state index is 13.0. The minimum atomic E-state index is -3.71. The van der Waals surface area contributed by atoms with Crippen LogP contribution in [-0.4, -0.2) is 56.0 Å². The van der Waals surface area contributed by atoms with E-state index in [1.165, 1.54) is 28.2 Å². The Morgan fingerprint density at radius 3 is 2.30 bits per heavy atom. The van der Waals surface area contributed by atoms with E-state index in [0.717, 1.165) is 17.0 Å². The van der Waals surface area contributed by atoms with Crippen molar-refractivity contribution < 1.29 is 17.6 Å². The van der Waals surface area contributed by atoms with Crippen molar-refractivity contribution in [1.29, 1.82) is 0 Å². The summed E-state index contributed by atoms with van der Waals surface area (Å²) < 4.78 is 39.7. The third kappa shape index (κ3) is 4.29. The van der Waals surface area contributed by atoms with Crippen LogP contribution in [0, 0.1) is 5.82 Å². The number of carbonyl (C=O) groups excluding carboxylic acids is 1. The van der Waals surface area contributed by atoms with E-state index in [-0.39, 0.29) is 37.0 Å². The average Bonchev–Trinajstić information content (AvgIpc) is 2.68. The second-order valence-electron chi connectivity index (χ2n) is 6.00. The fourth-order valence-corrected chi connectivity index (χ4v) is 4.91. The van der Waals surface area contributed by atoms with Crippen LogP contribution >= 0.6 is 23.4 Å². The Kier molecular flexibility index (Phi) is 6.10.